The van der Waals surface area contributed by atoms with Gasteiger partial charge in [-0.2, -0.15) is 13.2 Å². The van der Waals surface area contributed by atoms with Crippen molar-refractivity contribution < 1.29 is 18.0 Å². The number of nitrogens with one attached hydrogen (secondary N) is 2. The van der Waals surface area contributed by atoms with Crippen LogP contribution in [0.3, 0.4) is 0 Å². The monoisotopic (exact) mass is 336 g/mol. The van der Waals surface area contributed by atoms with Crippen molar-refractivity contribution >= 4 is 24.0 Å². The van der Waals surface area contributed by atoms with Gasteiger partial charge in [-0.25, -0.2) is 0 Å². The lowest BCUT2D eigenvalue weighted by molar-refractivity contribution is -0.127. The van der Waals surface area contributed by atoms with E-state index in [1.165, 1.54) is 18.2 Å². The Bertz CT molecular complexity index is 488. The smallest absolute Gasteiger partial charge is 0.326 e. The van der Waals surface area contributed by atoms with E-state index in [0.717, 1.165) is 25.9 Å². The highest BCUT2D eigenvalue weighted by atomic mass is 35.5. The number of benzene rings is 1. The Morgan fingerprint density at radius 1 is 1.36 bits per heavy atom. The second kappa shape index (κ2) is 8.39. The van der Waals surface area contributed by atoms with Gasteiger partial charge in [-0.3, -0.25) is 4.79 Å². The van der Waals surface area contributed by atoms with Gasteiger partial charge < -0.3 is 10.6 Å². The number of alkyl halides is 3. The average molecular weight is 337 g/mol. The molecule has 1 saturated heterocycles. The predicted octanol–water partition coefficient (Wildman–Crippen LogP) is 3.54. The van der Waals surface area contributed by atoms with Crippen LogP contribution >= 0.6 is 12.4 Å². The Kier molecular flexibility index (Phi) is 7.16. The molecule has 0 aromatic heterocycles. The minimum Gasteiger partial charge on any atom is -0.326 e. The highest BCUT2D eigenvalue weighted by molar-refractivity contribution is 5.90. The summed E-state index contributed by atoms with van der Waals surface area (Å²) in [5.74, 6) is 0.373. The van der Waals surface area contributed by atoms with Gasteiger partial charge in [-0.1, -0.05) is 12.1 Å². The number of hydrogen-bond donors (Lipinski definition) is 2. The lowest BCUT2D eigenvalue weighted by atomic mass is 10.0. The number of amides is 1. The normalized spacial score (nSPS) is 17.9. The summed E-state index contributed by atoms with van der Waals surface area (Å²) in [6, 6.07) is 5.92. The highest BCUT2D eigenvalue weighted by Crippen LogP contribution is 2.23. The van der Waals surface area contributed by atoms with Crippen molar-refractivity contribution in [2.75, 3.05) is 18.4 Å². The summed E-state index contributed by atoms with van der Waals surface area (Å²) in [4.78, 5) is 11.8. The predicted molar refractivity (Wildman–Crippen MR) is 82.3 cm³/mol. The second-order valence-electron chi connectivity index (χ2n) is 5.44. The molecule has 2 rings (SSSR count). The van der Waals surface area contributed by atoms with Crippen molar-refractivity contribution in [1.82, 2.24) is 5.32 Å². The van der Waals surface area contributed by atoms with E-state index in [9.17, 15) is 18.0 Å². The van der Waals surface area contributed by atoms with Crippen LogP contribution in [0.2, 0.25) is 0 Å². The van der Waals surface area contributed by atoms with E-state index in [-0.39, 0.29) is 23.9 Å². The zero-order valence-electron chi connectivity index (χ0n) is 12.1. The van der Waals surface area contributed by atoms with Crippen molar-refractivity contribution in [1.29, 1.82) is 0 Å². The van der Waals surface area contributed by atoms with E-state index in [1.807, 2.05) is 0 Å². The van der Waals surface area contributed by atoms with E-state index in [1.54, 1.807) is 6.07 Å². The maximum absolute atomic E-state index is 12.3. The second-order valence-corrected chi connectivity index (χ2v) is 5.44. The molecule has 1 amide bonds. The molecule has 0 radical (unpaired) electrons. The number of carbonyl (C=O) groups is 1. The van der Waals surface area contributed by atoms with Crippen LogP contribution in [0.1, 0.15) is 24.8 Å². The Balaban J connectivity index is 0.00000242. The molecule has 1 unspecified atom stereocenters. The lowest BCUT2D eigenvalue weighted by Gasteiger charge is -2.10. The van der Waals surface area contributed by atoms with E-state index in [2.05, 4.69) is 10.6 Å². The minimum atomic E-state index is -4.24. The first-order valence-corrected chi connectivity index (χ1v) is 7.08. The molecule has 1 atom stereocenters. The standard InChI is InChI=1S/C15H19F3N2O.ClH/c16-15(17,18)9-12-2-1-3-13(8-12)20-14(21)5-4-11-6-7-19-10-11;/h1-3,8,11,19H,4-7,9-10H2,(H,20,21);1H. The molecule has 0 bridgehead atoms. The minimum absolute atomic E-state index is 0. The Morgan fingerprint density at radius 2 is 2.14 bits per heavy atom. The van der Waals surface area contributed by atoms with Crippen LogP contribution in [-0.4, -0.2) is 25.2 Å². The summed E-state index contributed by atoms with van der Waals surface area (Å²) >= 11 is 0. The third kappa shape index (κ3) is 6.66. The lowest BCUT2D eigenvalue weighted by Crippen LogP contribution is -2.15. The molecule has 1 aromatic carbocycles. The molecule has 2 N–H and O–H groups in total. The quantitative estimate of drug-likeness (QED) is 0.863. The van der Waals surface area contributed by atoms with Gasteiger partial charge in [0.1, 0.15) is 0 Å². The number of halogens is 4. The molecular formula is C15H20ClF3N2O. The van der Waals surface area contributed by atoms with E-state index in [0.29, 0.717) is 18.0 Å². The molecule has 1 aliphatic rings. The topological polar surface area (TPSA) is 41.1 Å². The number of carbonyl (C=O) groups excluding carboxylic acids is 1. The number of anilines is 1. The molecule has 0 spiro atoms. The fourth-order valence-electron chi connectivity index (χ4n) is 2.51. The van der Waals surface area contributed by atoms with Crippen molar-refractivity contribution in [2.45, 2.75) is 31.9 Å². The third-order valence-corrected chi connectivity index (χ3v) is 3.56. The summed E-state index contributed by atoms with van der Waals surface area (Å²) < 4.78 is 37.0. The first-order valence-electron chi connectivity index (χ1n) is 7.08. The number of rotatable bonds is 5. The Hall–Kier alpha value is -1.27. The van der Waals surface area contributed by atoms with Gasteiger partial charge in [-0.15, -0.1) is 12.4 Å². The molecule has 7 heteroatoms. The Labute approximate surface area is 134 Å². The van der Waals surface area contributed by atoms with Crippen molar-refractivity contribution in [3.8, 4) is 0 Å². The average Bonchev–Trinajstić information content (AvgIpc) is 2.87. The van der Waals surface area contributed by atoms with Crippen molar-refractivity contribution in [3.63, 3.8) is 0 Å². The molecule has 1 heterocycles. The summed E-state index contributed by atoms with van der Waals surface area (Å²) in [5, 5.41) is 5.90. The summed E-state index contributed by atoms with van der Waals surface area (Å²) in [6.07, 6.45) is -2.94. The maximum Gasteiger partial charge on any atom is 0.393 e. The molecule has 1 aliphatic heterocycles. The highest BCUT2D eigenvalue weighted by Gasteiger charge is 2.27. The first-order chi connectivity index (χ1) is 9.92. The van der Waals surface area contributed by atoms with Crippen LogP contribution in [0, 0.1) is 5.92 Å². The fourth-order valence-corrected chi connectivity index (χ4v) is 2.51. The largest absolute Gasteiger partial charge is 0.393 e. The van der Waals surface area contributed by atoms with Gasteiger partial charge in [0.15, 0.2) is 0 Å². The summed E-state index contributed by atoms with van der Waals surface area (Å²) in [7, 11) is 0. The molecule has 22 heavy (non-hydrogen) atoms. The van der Waals surface area contributed by atoms with Gasteiger partial charge in [0.05, 0.1) is 6.42 Å². The zero-order valence-corrected chi connectivity index (χ0v) is 12.9. The van der Waals surface area contributed by atoms with Gasteiger partial charge in [0, 0.05) is 12.1 Å². The third-order valence-electron chi connectivity index (χ3n) is 3.56. The summed E-state index contributed by atoms with van der Waals surface area (Å²) in [5.41, 5.74) is 0.576. The van der Waals surface area contributed by atoms with Gasteiger partial charge in [-0.05, 0) is 49.5 Å². The van der Waals surface area contributed by atoms with Gasteiger partial charge in [0.2, 0.25) is 5.91 Å². The van der Waals surface area contributed by atoms with Gasteiger partial charge >= 0.3 is 6.18 Å². The van der Waals surface area contributed by atoms with Crippen LogP contribution < -0.4 is 10.6 Å². The molecule has 1 aromatic rings. The Morgan fingerprint density at radius 3 is 2.77 bits per heavy atom. The van der Waals surface area contributed by atoms with Crippen molar-refractivity contribution in [2.24, 2.45) is 5.92 Å². The fraction of sp³-hybridized carbons (Fsp3) is 0.533. The van der Waals surface area contributed by atoms with Gasteiger partial charge in [0.25, 0.3) is 0 Å². The van der Waals surface area contributed by atoms with Crippen LogP contribution in [0.15, 0.2) is 24.3 Å². The molecule has 0 saturated carbocycles. The number of hydrogen-bond acceptors (Lipinski definition) is 2. The molecule has 3 nitrogen and oxygen atoms in total. The molecule has 0 aliphatic carbocycles. The SMILES string of the molecule is Cl.O=C(CCC1CCNC1)Nc1cccc(CC(F)(F)F)c1. The molecule has 124 valence electrons. The zero-order chi connectivity index (χ0) is 15.3. The molecule has 1 fully saturated rings. The maximum atomic E-state index is 12.3. The summed E-state index contributed by atoms with van der Waals surface area (Å²) in [6.45, 7) is 1.93. The van der Waals surface area contributed by atoms with Crippen LogP contribution in [-0.2, 0) is 11.2 Å². The van der Waals surface area contributed by atoms with Crippen molar-refractivity contribution in [3.05, 3.63) is 29.8 Å². The first kappa shape index (κ1) is 18.8. The van der Waals surface area contributed by atoms with E-state index < -0.39 is 12.6 Å². The van der Waals surface area contributed by atoms with Crippen LogP contribution in [0.4, 0.5) is 18.9 Å². The van der Waals surface area contributed by atoms with Crippen LogP contribution in [0.25, 0.3) is 0 Å². The van der Waals surface area contributed by atoms with Crippen LogP contribution in [0.5, 0.6) is 0 Å². The molecular weight excluding hydrogens is 317 g/mol. The van der Waals surface area contributed by atoms with E-state index in [4.69, 9.17) is 0 Å². The van der Waals surface area contributed by atoms with E-state index >= 15 is 0 Å².